The Kier molecular flexibility index (Phi) is 5.89. The summed E-state index contributed by atoms with van der Waals surface area (Å²) in [6.07, 6.45) is 1.42. The number of nitrogens with zero attached hydrogens (tertiary/aromatic N) is 6. The van der Waals surface area contributed by atoms with Gasteiger partial charge in [0.15, 0.2) is 5.82 Å². The first-order valence-electron chi connectivity index (χ1n) is 10.9. The molecule has 0 amide bonds. The first-order chi connectivity index (χ1) is 16.4. The SMILES string of the molecule is Cc1nn(-c2c(F)cccc2Cl)c(=O)c2cnc(Nc3ccc(N4CCN(C)CC4)cc3)nc12. The van der Waals surface area contributed by atoms with Gasteiger partial charge in [0.1, 0.15) is 11.2 Å². The Hall–Kier alpha value is -3.56. The van der Waals surface area contributed by atoms with Crippen molar-refractivity contribution in [1.82, 2.24) is 24.6 Å². The minimum absolute atomic E-state index is 0.0903. The highest BCUT2D eigenvalue weighted by Crippen LogP contribution is 2.24. The minimum atomic E-state index is -0.639. The second-order valence-electron chi connectivity index (χ2n) is 8.29. The molecule has 3 heterocycles. The summed E-state index contributed by atoms with van der Waals surface area (Å²) in [4.78, 5) is 26.5. The molecule has 1 fully saturated rings. The molecule has 2 aromatic carbocycles. The van der Waals surface area contributed by atoms with Crippen LogP contribution in [0.1, 0.15) is 5.69 Å². The molecule has 8 nitrogen and oxygen atoms in total. The summed E-state index contributed by atoms with van der Waals surface area (Å²) in [7, 11) is 2.13. The van der Waals surface area contributed by atoms with Crippen LogP contribution < -0.4 is 15.8 Å². The summed E-state index contributed by atoms with van der Waals surface area (Å²) in [5.41, 5.74) is 2.20. The highest BCUT2D eigenvalue weighted by molar-refractivity contribution is 6.32. The smallest absolute Gasteiger partial charge is 0.282 e. The van der Waals surface area contributed by atoms with Crippen LogP contribution in [0.2, 0.25) is 5.02 Å². The number of aromatic nitrogens is 4. The molecule has 0 aliphatic carbocycles. The molecule has 34 heavy (non-hydrogen) atoms. The zero-order valence-corrected chi connectivity index (χ0v) is 19.6. The first kappa shape index (κ1) is 22.2. The largest absolute Gasteiger partial charge is 0.369 e. The molecule has 1 aliphatic heterocycles. The van der Waals surface area contributed by atoms with Crippen molar-refractivity contribution in [3.05, 3.63) is 75.5 Å². The quantitative estimate of drug-likeness (QED) is 0.477. The van der Waals surface area contributed by atoms with Gasteiger partial charge in [-0.1, -0.05) is 17.7 Å². The molecule has 5 rings (SSSR count). The number of nitrogens with one attached hydrogen (secondary N) is 1. The number of aryl methyl sites for hydroxylation is 1. The lowest BCUT2D eigenvalue weighted by molar-refractivity contribution is 0.313. The normalized spacial score (nSPS) is 14.5. The van der Waals surface area contributed by atoms with Crippen molar-refractivity contribution in [1.29, 1.82) is 0 Å². The molecule has 2 aromatic heterocycles. The molecule has 0 saturated carbocycles. The van der Waals surface area contributed by atoms with E-state index in [1.807, 2.05) is 12.1 Å². The van der Waals surface area contributed by atoms with Crippen LogP contribution in [0.5, 0.6) is 0 Å². The molecule has 0 bridgehead atoms. The number of hydrogen-bond acceptors (Lipinski definition) is 7. The number of rotatable bonds is 4. The Morgan fingerprint density at radius 3 is 2.50 bits per heavy atom. The monoisotopic (exact) mass is 479 g/mol. The van der Waals surface area contributed by atoms with Gasteiger partial charge < -0.3 is 15.1 Å². The second-order valence-corrected chi connectivity index (χ2v) is 8.70. The Labute approximate surface area is 200 Å². The van der Waals surface area contributed by atoms with E-state index >= 15 is 0 Å². The van der Waals surface area contributed by atoms with Gasteiger partial charge in [0.25, 0.3) is 5.56 Å². The van der Waals surface area contributed by atoms with Gasteiger partial charge in [0.05, 0.1) is 16.1 Å². The van der Waals surface area contributed by atoms with Gasteiger partial charge in [-0.25, -0.2) is 14.4 Å². The predicted octanol–water partition coefficient (Wildman–Crippen LogP) is 3.77. The zero-order valence-electron chi connectivity index (χ0n) is 18.8. The minimum Gasteiger partial charge on any atom is -0.369 e. The van der Waals surface area contributed by atoms with Gasteiger partial charge >= 0.3 is 0 Å². The predicted molar refractivity (Wildman–Crippen MR) is 132 cm³/mol. The van der Waals surface area contributed by atoms with Crippen LogP contribution in [-0.4, -0.2) is 57.9 Å². The van der Waals surface area contributed by atoms with Crippen molar-refractivity contribution >= 4 is 39.8 Å². The second kappa shape index (κ2) is 9.00. The number of piperazine rings is 1. The number of para-hydroxylation sites is 1. The lowest BCUT2D eigenvalue weighted by Gasteiger charge is -2.34. The van der Waals surface area contributed by atoms with E-state index in [-0.39, 0.29) is 16.1 Å². The van der Waals surface area contributed by atoms with Crippen molar-refractivity contribution in [2.45, 2.75) is 6.92 Å². The fourth-order valence-corrected chi connectivity index (χ4v) is 4.27. The third kappa shape index (κ3) is 4.20. The fourth-order valence-electron chi connectivity index (χ4n) is 4.02. The highest BCUT2D eigenvalue weighted by Gasteiger charge is 2.18. The summed E-state index contributed by atoms with van der Waals surface area (Å²) < 4.78 is 15.3. The van der Waals surface area contributed by atoms with E-state index in [2.05, 4.69) is 49.4 Å². The van der Waals surface area contributed by atoms with Crippen LogP contribution in [0.15, 0.2) is 53.5 Å². The standard InChI is InChI=1S/C24H23ClFN7O/c1-15-21-18(23(34)33(30-15)22-19(25)4-3-5-20(22)26)14-27-24(29-21)28-16-6-8-17(9-7-16)32-12-10-31(2)11-13-32/h3-9,14H,10-13H2,1-2H3,(H,27,28,29). The van der Waals surface area contributed by atoms with Crippen molar-refractivity contribution < 1.29 is 4.39 Å². The Balaban J connectivity index is 1.43. The Morgan fingerprint density at radius 2 is 1.79 bits per heavy atom. The highest BCUT2D eigenvalue weighted by atomic mass is 35.5. The maximum Gasteiger partial charge on any atom is 0.282 e. The number of fused-ring (bicyclic) bond motifs is 1. The van der Waals surface area contributed by atoms with E-state index in [1.165, 1.54) is 30.1 Å². The van der Waals surface area contributed by atoms with Crippen LogP contribution in [0.25, 0.3) is 16.6 Å². The van der Waals surface area contributed by atoms with Crippen LogP contribution in [-0.2, 0) is 0 Å². The van der Waals surface area contributed by atoms with Gasteiger partial charge in [-0.3, -0.25) is 4.79 Å². The molecule has 0 spiro atoms. The first-order valence-corrected chi connectivity index (χ1v) is 11.3. The number of likely N-dealkylation sites (N-methyl/N-ethyl adjacent to an activating group) is 1. The molecule has 1 aliphatic rings. The van der Waals surface area contributed by atoms with Crippen LogP contribution in [0.3, 0.4) is 0 Å². The number of halogens is 2. The lowest BCUT2D eigenvalue weighted by Crippen LogP contribution is -2.44. The Morgan fingerprint density at radius 1 is 1.06 bits per heavy atom. The molecule has 0 atom stereocenters. The number of hydrogen-bond donors (Lipinski definition) is 1. The summed E-state index contributed by atoms with van der Waals surface area (Å²) in [5, 5.41) is 7.76. The van der Waals surface area contributed by atoms with E-state index in [1.54, 1.807) is 6.92 Å². The molecule has 4 aromatic rings. The van der Waals surface area contributed by atoms with Crippen molar-refractivity contribution in [2.24, 2.45) is 0 Å². The van der Waals surface area contributed by atoms with Crippen molar-refractivity contribution in [3.8, 4) is 5.69 Å². The van der Waals surface area contributed by atoms with Crippen molar-refractivity contribution in [3.63, 3.8) is 0 Å². The molecule has 0 unspecified atom stereocenters. The molecule has 0 radical (unpaired) electrons. The van der Waals surface area contributed by atoms with Crippen LogP contribution in [0.4, 0.5) is 21.7 Å². The number of anilines is 3. The molecule has 174 valence electrons. The van der Waals surface area contributed by atoms with E-state index in [9.17, 15) is 9.18 Å². The topological polar surface area (TPSA) is 79.2 Å². The fraction of sp³-hybridized carbons (Fsp3) is 0.250. The molecular formula is C24H23ClFN7O. The lowest BCUT2D eigenvalue weighted by atomic mass is 10.2. The zero-order chi connectivity index (χ0) is 23.8. The number of benzene rings is 2. The molecule has 1 N–H and O–H groups in total. The van der Waals surface area contributed by atoms with Crippen LogP contribution >= 0.6 is 11.6 Å². The Bertz CT molecular complexity index is 1400. The van der Waals surface area contributed by atoms with Gasteiger partial charge in [0, 0.05) is 43.8 Å². The average Bonchev–Trinajstić information content (AvgIpc) is 2.83. The van der Waals surface area contributed by atoms with Gasteiger partial charge in [0.2, 0.25) is 5.95 Å². The summed E-state index contributed by atoms with van der Waals surface area (Å²) in [5.74, 6) is -0.300. The summed E-state index contributed by atoms with van der Waals surface area (Å²) in [6, 6.07) is 12.3. The van der Waals surface area contributed by atoms with E-state index in [0.717, 1.165) is 36.5 Å². The third-order valence-corrected chi connectivity index (χ3v) is 6.25. The molecule has 1 saturated heterocycles. The summed E-state index contributed by atoms with van der Waals surface area (Å²) in [6.45, 7) is 5.79. The van der Waals surface area contributed by atoms with E-state index < -0.39 is 11.4 Å². The van der Waals surface area contributed by atoms with Crippen molar-refractivity contribution in [2.75, 3.05) is 43.4 Å². The maximum absolute atomic E-state index is 14.4. The van der Waals surface area contributed by atoms with Gasteiger partial charge in [-0.2, -0.15) is 9.78 Å². The van der Waals surface area contributed by atoms with Crippen LogP contribution in [0, 0.1) is 12.7 Å². The van der Waals surface area contributed by atoms with E-state index in [0.29, 0.717) is 17.2 Å². The van der Waals surface area contributed by atoms with Gasteiger partial charge in [-0.15, -0.1) is 0 Å². The molecule has 10 heteroatoms. The summed E-state index contributed by atoms with van der Waals surface area (Å²) >= 11 is 6.14. The van der Waals surface area contributed by atoms with E-state index in [4.69, 9.17) is 11.6 Å². The van der Waals surface area contributed by atoms with Gasteiger partial charge in [-0.05, 0) is 50.4 Å². The third-order valence-electron chi connectivity index (χ3n) is 5.95. The molecular weight excluding hydrogens is 457 g/mol. The maximum atomic E-state index is 14.4. The average molecular weight is 480 g/mol.